The third-order valence-electron chi connectivity index (χ3n) is 11.4. The monoisotopic (exact) mass is 811 g/mol. The van der Waals surface area contributed by atoms with Crippen LogP contribution in [0.4, 0.5) is 0 Å². The molecule has 0 bridgehead atoms. The number of Topliss-reactive ketones (excluding diaryl/α,β-unsaturated/α-hetero) is 1. The Morgan fingerprint density at radius 1 is 1.02 bits per heavy atom. The molecule has 2 aromatic rings. The van der Waals surface area contributed by atoms with Gasteiger partial charge >= 0.3 is 5.97 Å². The number of ether oxygens (including phenoxy) is 1. The molecule has 1 fully saturated rings. The SMILES string of the molecule is CCCC(=O)OCN(C(=O)[C@@H](CC(=O)[C@H]1CCCCN1C)C(C)CC)[C@H](C[C@@H](C)c1nc(C(=O)N[C@@H](Cc2ccc(O)cc2)C[C@H](C)C(=O)NCC)cs1)C(C)C. The van der Waals surface area contributed by atoms with Gasteiger partial charge in [0.05, 0.1) is 11.0 Å². The van der Waals surface area contributed by atoms with Crippen molar-refractivity contribution in [3.63, 3.8) is 0 Å². The van der Waals surface area contributed by atoms with Crippen molar-refractivity contribution in [1.29, 1.82) is 0 Å². The number of carbonyl (C=O) groups is 5. The van der Waals surface area contributed by atoms with Crippen LogP contribution in [-0.4, -0.2) is 94.4 Å². The van der Waals surface area contributed by atoms with Crippen LogP contribution >= 0.6 is 11.3 Å². The molecular formula is C44H69N5O7S. The maximum absolute atomic E-state index is 14.7. The highest BCUT2D eigenvalue weighted by Crippen LogP contribution is 2.32. The zero-order chi connectivity index (χ0) is 42.2. The molecule has 318 valence electrons. The van der Waals surface area contributed by atoms with Crippen LogP contribution in [0, 0.1) is 23.7 Å². The van der Waals surface area contributed by atoms with Crippen molar-refractivity contribution in [3.8, 4) is 5.75 Å². The van der Waals surface area contributed by atoms with Crippen LogP contribution in [0.2, 0.25) is 0 Å². The number of hydrogen-bond donors (Lipinski definition) is 3. The van der Waals surface area contributed by atoms with Gasteiger partial charge in [-0.2, -0.15) is 0 Å². The van der Waals surface area contributed by atoms with Gasteiger partial charge < -0.3 is 25.4 Å². The number of likely N-dealkylation sites (N-methyl/N-ethyl adjacent to an activating group) is 1. The summed E-state index contributed by atoms with van der Waals surface area (Å²) in [6, 6.07) is 5.90. The first-order valence-corrected chi connectivity index (χ1v) is 22.0. The number of esters is 1. The molecule has 3 N–H and O–H groups in total. The number of aromatic nitrogens is 1. The van der Waals surface area contributed by atoms with Crippen LogP contribution in [0.25, 0.3) is 0 Å². The second-order valence-corrected chi connectivity index (χ2v) is 17.3. The van der Waals surface area contributed by atoms with Crippen molar-refractivity contribution in [2.45, 2.75) is 144 Å². The van der Waals surface area contributed by atoms with E-state index in [4.69, 9.17) is 9.72 Å². The number of benzene rings is 1. The Morgan fingerprint density at radius 3 is 2.33 bits per heavy atom. The Hall–Kier alpha value is -3.84. The van der Waals surface area contributed by atoms with Gasteiger partial charge in [-0.05, 0) is 88.6 Å². The summed E-state index contributed by atoms with van der Waals surface area (Å²) in [5.74, 6) is -1.87. The highest BCUT2D eigenvalue weighted by molar-refractivity contribution is 7.09. The second kappa shape index (κ2) is 23.5. The summed E-state index contributed by atoms with van der Waals surface area (Å²) in [6.07, 6.45) is 5.97. The number of ketones is 1. The predicted molar refractivity (Wildman–Crippen MR) is 225 cm³/mol. The van der Waals surface area contributed by atoms with Crippen LogP contribution in [0.5, 0.6) is 5.75 Å². The standard InChI is InChI=1S/C44H69N5O7S/c1-10-15-40(52)56-27-49(44(55)35(29(6)11-2)25-39(51)37-16-13-14-21-48(37)9)38(28(4)5)23-31(8)43-47-36(26-57-43)42(54)46-33(22-30(7)41(53)45-12-3)24-32-17-19-34(50)20-18-32/h17-20,26,28-31,33,35,37-38,50H,10-16,21-25,27H2,1-9H3,(H,45,53)(H,46,54)/t29?,30-,31+,33+,35-,37+,38+/m0/s1. The number of nitrogens with zero attached hydrogens (tertiary/aromatic N) is 3. The Labute approximate surface area is 344 Å². The number of piperidine rings is 1. The second-order valence-electron chi connectivity index (χ2n) is 16.4. The number of hydrogen-bond acceptors (Lipinski definition) is 10. The number of nitrogens with one attached hydrogen (secondary N) is 2. The predicted octanol–water partition coefficient (Wildman–Crippen LogP) is 7.11. The lowest BCUT2D eigenvalue weighted by atomic mass is 9.82. The lowest BCUT2D eigenvalue weighted by Gasteiger charge is -2.39. The number of phenolic OH excluding ortho intramolecular Hbond substituents is 1. The van der Waals surface area contributed by atoms with Crippen molar-refractivity contribution < 1.29 is 33.8 Å². The Bertz CT molecular complexity index is 1600. The van der Waals surface area contributed by atoms with Gasteiger partial charge in [0.1, 0.15) is 11.4 Å². The highest BCUT2D eigenvalue weighted by atomic mass is 32.1. The average molecular weight is 812 g/mol. The summed E-state index contributed by atoms with van der Waals surface area (Å²) in [7, 11) is 1.98. The maximum Gasteiger partial charge on any atom is 0.307 e. The van der Waals surface area contributed by atoms with Crippen LogP contribution in [0.3, 0.4) is 0 Å². The lowest BCUT2D eigenvalue weighted by Crippen LogP contribution is -2.50. The van der Waals surface area contributed by atoms with E-state index in [-0.39, 0.29) is 102 Å². The maximum atomic E-state index is 14.7. The smallest absolute Gasteiger partial charge is 0.307 e. The molecule has 1 unspecified atom stereocenters. The molecule has 0 spiro atoms. The van der Waals surface area contributed by atoms with Crippen molar-refractivity contribution in [2.24, 2.45) is 23.7 Å². The number of phenols is 1. The topological polar surface area (TPSA) is 158 Å². The third kappa shape index (κ3) is 14.5. The minimum atomic E-state index is -0.556. The molecular weight excluding hydrogens is 743 g/mol. The molecule has 2 heterocycles. The molecule has 12 nitrogen and oxygen atoms in total. The molecule has 1 aliphatic heterocycles. The molecule has 0 radical (unpaired) electrons. The van der Waals surface area contributed by atoms with Crippen molar-refractivity contribution in [2.75, 3.05) is 26.9 Å². The summed E-state index contributed by atoms with van der Waals surface area (Å²) in [5.41, 5.74) is 1.18. The van der Waals surface area contributed by atoms with E-state index in [1.165, 1.54) is 11.3 Å². The van der Waals surface area contributed by atoms with E-state index < -0.39 is 5.92 Å². The van der Waals surface area contributed by atoms with Crippen molar-refractivity contribution >= 4 is 40.8 Å². The first-order chi connectivity index (χ1) is 27.1. The van der Waals surface area contributed by atoms with Gasteiger partial charge in [0.25, 0.3) is 5.91 Å². The Kier molecular flexibility index (Phi) is 19.6. The van der Waals surface area contributed by atoms with Gasteiger partial charge in [-0.1, -0.05) is 73.4 Å². The number of amides is 3. The van der Waals surface area contributed by atoms with Gasteiger partial charge in [0.2, 0.25) is 11.8 Å². The van der Waals surface area contributed by atoms with Crippen molar-refractivity contribution in [3.05, 3.63) is 45.9 Å². The Balaban J connectivity index is 1.85. The number of thiazole rings is 1. The quantitative estimate of drug-likeness (QED) is 0.0786. The van der Waals surface area contributed by atoms with Gasteiger partial charge in [0.15, 0.2) is 12.5 Å². The van der Waals surface area contributed by atoms with Crippen LogP contribution < -0.4 is 10.6 Å². The van der Waals surface area contributed by atoms with E-state index in [9.17, 15) is 29.1 Å². The molecule has 7 atom stereocenters. The molecule has 1 aromatic heterocycles. The van der Waals surface area contributed by atoms with Gasteiger partial charge in [-0.25, -0.2) is 4.98 Å². The van der Waals surface area contributed by atoms with Gasteiger partial charge in [-0.3, -0.25) is 28.9 Å². The normalized spacial score (nSPS) is 17.8. The Morgan fingerprint density at radius 2 is 1.72 bits per heavy atom. The molecule has 1 saturated heterocycles. The fraction of sp³-hybridized carbons (Fsp3) is 0.682. The number of likely N-dealkylation sites (tertiary alicyclic amines) is 1. The fourth-order valence-corrected chi connectivity index (χ4v) is 8.57. The molecule has 1 aliphatic rings. The van der Waals surface area contributed by atoms with Crippen LogP contribution in [0.15, 0.2) is 29.6 Å². The number of rotatable bonds is 23. The van der Waals surface area contributed by atoms with E-state index in [1.54, 1.807) is 34.5 Å². The van der Waals surface area contributed by atoms with Crippen molar-refractivity contribution in [1.82, 2.24) is 25.4 Å². The lowest BCUT2D eigenvalue weighted by molar-refractivity contribution is -0.160. The summed E-state index contributed by atoms with van der Waals surface area (Å²) in [4.78, 5) is 76.0. The van der Waals surface area contributed by atoms with Crippen LogP contribution in [-0.2, 0) is 30.3 Å². The first kappa shape index (κ1) is 47.5. The zero-order valence-corrected chi connectivity index (χ0v) is 36.7. The number of aromatic hydroxyl groups is 1. The van der Waals surface area contributed by atoms with E-state index >= 15 is 0 Å². The van der Waals surface area contributed by atoms with Crippen LogP contribution in [0.1, 0.15) is 140 Å². The minimum Gasteiger partial charge on any atom is -0.508 e. The zero-order valence-electron chi connectivity index (χ0n) is 35.8. The molecule has 1 aromatic carbocycles. The van der Waals surface area contributed by atoms with E-state index in [1.807, 2.05) is 62.4 Å². The van der Waals surface area contributed by atoms with E-state index in [2.05, 4.69) is 15.5 Å². The molecule has 0 saturated carbocycles. The van der Waals surface area contributed by atoms with Gasteiger partial charge in [-0.15, -0.1) is 11.3 Å². The summed E-state index contributed by atoms with van der Waals surface area (Å²) in [5, 5.41) is 18.2. The first-order valence-electron chi connectivity index (χ1n) is 21.1. The summed E-state index contributed by atoms with van der Waals surface area (Å²) in [6.45, 7) is 17.0. The molecule has 57 heavy (non-hydrogen) atoms. The summed E-state index contributed by atoms with van der Waals surface area (Å²) < 4.78 is 5.73. The fourth-order valence-electron chi connectivity index (χ4n) is 7.70. The summed E-state index contributed by atoms with van der Waals surface area (Å²) >= 11 is 1.38. The number of carbonyl (C=O) groups excluding carboxylic acids is 5. The molecule has 13 heteroatoms. The third-order valence-corrected chi connectivity index (χ3v) is 12.5. The largest absolute Gasteiger partial charge is 0.508 e. The van der Waals surface area contributed by atoms with E-state index in [0.29, 0.717) is 32.2 Å². The highest BCUT2D eigenvalue weighted by Gasteiger charge is 2.38. The average Bonchev–Trinajstić information content (AvgIpc) is 3.68. The molecule has 3 rings (SSSR count). The molecule has 0 aliphatic carbocycles. The van der Waals surface area contributed by atoms with E-state index in [0.717, 1.165) is 42.8 Å². The van der Waals surface area contributed by atoms with Gasteiger partial charge in [0, 0.05) is 54.6 Å². The molecule has 3 amide bonds. The minimum absolute atomic E-state index is 0.0191.